The van der Waals surface area contributed by atoms with E-state index in [-0.39, 0.29) is 35.7 Å². The van der Waals surface area contributed by atoms with Crippen molar-refractivity contribution < 1.29 is 19.1 Å². The van der Waals surface area contributed by atoms with Crippen LogP contribution in [0, 0.1) is 11.7 Å². The van der Waals surface area contributed by atoms with Gasteiger partial charge in [0.25, 0.3) is 0 Å². The average Bonchev–Trinajstić information content (AvgIpc) is 3.62. The number of fused-ring (bicyclic) bond motifs is 1. The standard InChI is InChI=1S/C29H35FN4O3S/c1-17(31-2)27(36)33-26(18-9-11-19(35)12-10-18)29(37)34-15-5-8-25(34)28-32-24(16-38-28)22-13-14-23(30)21-7-4-3-6-20(21)22/h3-4,6-7,13-14,16-19,25-26,31,35H,5,8-12,15H2,1-2H3,(H,33,36)/t17-,18-,19+,25-,26-/m0/s1. The Morgan fingerprint density at radius 3 is 2.58 bits per heavy atom. The highest BCUT2D eigenvalue weighted by Crippen LogP contribution is 2.39. The van der Waals surface area contributed by atoms with Gasteiger partial charge in [-0.25, -0.2) is 9.37 Å². The molecule has 202 valence electrons. The topological polar surface area (TPSA) is 94.6 Å². The first-order valence-electron chi connectivity index (χ1n) is 13.5. The van der Waals surface area contributed by atoms with Crippen LogP contribution in [-0.4, -0.2) is 58.6 Å². The Hall–Kier alpha value is -2.88. The molecule has 1 aliphatic heterocycles. The number of rotatable bonds is 7. The van der Waals surface area contributed by atoms with E-state index in [1.807, 2.05) is 28.5 Å². The molecule has 38 heavy (non-hydrogen) atoms. The van der Waals surface area contributed by atoms with Gasteiger partial charge >= 0.3 is 0 Å². The van der Waals surface area contributed by atoms with Gasteiger partial charge in [0, 0.05) is 22.9 Å². The maximum atomic E-state index is 14.4. The summed E-state index contributed by atoms with van der Waals surface area (Å²) in [6, 6.07) is 9.41. The van der Waals surface area contributed by atoms with Crippen LogP contribution in [0.4, 0.5) is 4.39 Å². The minimum Gasteiger partial charge on any atom is -0.393 e. The van der Waals surface area contributed by atoms with Gasteiger partial charge in [-0.05, 0) is 75.9 Å². The molecule has 2 heterocycles. The molecule has 0 unspecified atom stereocenters. The molecule has 2 amide bonds. The third-order valence-electron chi connectivity index (χ3n) is 8.09. The second-order valence-corrected chi connectivity index (χ2v) is 11.4. The second-order valence-electron chi connectivity index (χ2n) is 10.5. The number of hydrogen-bond donors (Lipinski definition) is 3. The Kier molecular flexibility index (Phi) is 8.07. The number of halogens is 1. The molecule has 3 aromatic rings. The molecular weight excluding hydrogens is 503 g/mol. The lowest BCUT2D eigenvalue weighted by Gasteiger charge is -2.36. The fraction of sp³-hybridized carbons (Fsp3) is 0.483. The van der Waals surface area contributed by atoms with Crippen molar-refractivity contribution in [3.63, 3.8) is 0 Å². The number of aliphatic hydroxyl groups excluding tert-OH is 1. The van der Waals surface area contributed by atoms with Crippen LogP contribution in [-0.2, 0) is 9.59 Å². The molecule has 0 radical (unpaired) electrons. The molecule has 9 heteroatoms. The SMILES string of the molecule is CN[C@@H](C)C(=O)N[C@H](C(=O)N1CCC[C@H]1c1nc(-c2ccc(F)c3ccccc23)cs1)[C@H]1CC[C@@H](O)CC1. The number of nitrogens with zero attached hydrogens (tertiary/aromatic N) is 2. The number of amides is 2. The molecule has 0 bridgehead atoms. The first-order chi connectivity index (χ1) is 18.4. The smallest absolute Gasteiger partial charge is 0.246 e. The molecule has 2 aromatic carbocycles. The van der Waals surface area contributed by atoms with Crippen LogP contribution in [0.1, 0.15) is 56.5 Å². The Bertz CT molecular complexity index is 1310. The Morgan fingerprint density at radius 2 is 1.84 bits per heavy atom. The Balaban J connectivity index is 1.40. The molecule has 3 atom stereocenters. The van der Waals surface area contributed by atoms with Crippen LogP contribution in [0.15, 0.2) is 41.8 Å². The first-order valence-corrected chi connectivity index (χ1v) is 14.3. The molecule has 3 N–H and O–H groups in total. The summed E-state index contributed by atoms with van der Waals surface area (Å²) in [5.41, 5.74) is 1.64. The van der Waals surface area contributed by atoms with E-state index >= 15 is 0 Å². The van der Waals surface area contributed by atoms with Crippen molar-refractivity contribution in [2.24, 2.45) is 5.92 Å². The predicted molar refractivity (Wildman–Crippen MR) is 147 cm³/mol. The van der Waals surface area contributed by atoms with E-state index in [1.54, 1.807) is 26.1 Å². The average molecular weight is 539 g/mol. The zero-order valence-electron chi connectivity index (χ0n) is 21.8. The van der Waals surface area contributed by atoms with Crippen molar-refractivity contribution in [1.82, 2.24) is 20.5 Å². The minimum atomic E-state index is -0.633. The predicted octanol–water partition coefficient (Wildman–Crippen LogP) is 4.41. The number of aliphatic hydroxyl groups is 1. The van der Waals surface area contributed by atoms with Gasteiger partial charge in [0.15, 0.2) is 0 Å². The fourth-order valence-electron chi connectivity index (χ4n) is 5.74. The summed E-state index contributed by atoms with van der Waals surface area (Å²) in [6.07, 6.45) is 3.99. The summed E-state index contributed by atoms with van der Waals surface area (Å²) in [6.45, 7) is 2.39. The fourth-order valence-corrected chi connectivity index (χ4v) is 6.71. The summed E-state index contributed by atoms with van der Waals surface area (Å²) >= 11 is 1.52. The number of nitrogens with one attached hydrogen (secondary N) is 2. The van der Waals surface area contributed by atoms with Gasteiger partial charge in [-0.2, -0.15) is 0 Å². The maximum Gasteiger partial charge on any atom is 0.246 e. The third kappa shape index (κ3) is 5.32. The first kappa shape index (κ1) is 26.7. The van der Waals surface area contributed by atoms with Crippen molar-refractivity contribution in [1.29, 1.82) is 0 Å². The highest BCUT2D eigenvalue weighted by atomic mass is 32.1. The van der Waals surface area contributed by atoms with Gasteiger partial charge in [-0.3, -0.25) is 9.59 Å². The number of carbonyl (C=O) groups is 2. The Morgan fingerprint density at radius 1 is 1.11 bits per heavy atom. The molecule has 1 aromatic heterocycles. The van der Waals surface area contributed by atoms with Crippen molar-refractivity contribution >= 4 is 33.9 Å². The van der Waals surface area contributed by atoms with Crippen LogP contribution < -0.4 is 10.6 Å². The molecule has 1 saturated carbocycles. The molecule has 7 nitrogen and oxygen atoms in total. The molecule has 2 aliphatic rings. The van der Waals surface area contributed by atoms with Crippen LogP contribution in [0.5, 0.6) is 0 Å². The van der Waals surface area contributed by atoms with Crippen LogP contribution in [0.2, 0.25) is 0 Å². The largest absolute Gasteiger partial charge is 0.393 e. The van der Waals surface area contributed by atoms with Crippen molar-refractivity contribution in [3.05, 3.63) is 52.6 Å². The lowest BCUT2D eigenvalue weighted by Crippen LogP contribution is -2.55. The molecule has 0 spiro atoms. The molecular formula is C29H35FN4O3S. The van der Waals surface area contributed by atoms with Crippen LogP contribution in [0.3, 0.4) is 0 Å². The highest BCUT2D eigenvalue weighted by molar-refractivity contribution is 7.10. The monoisotopic (exact) mass is 538 g/mol. The maximum absolute atomic E-state index is 14.4. The van der Waals surface area contributed by atoms with E-state index < -0.39 is 12.1 Å². The number of thiazole rings is 1. The van der Waals surface area contributed by atoms with Crippen molar-refractivity contribution in [3.8, 4) is 11.3 Å². The molecule has 1 saturated heterocycles. The summed E-state index contributed by atoms with van der Waals surface area (Å²) in [7, 11) is 1.72. The molecule has 5 rings (SSSR count). The molecule has 1 aliphatic carbocycles. The van der Waals surface area contributed by atoms with Crippen molar-refractivity contribution in [2.45, 2.75) is 69.7 Å². The zero-order chi connectivity index (χ0) is 26.8. The van der Waals surface area contributed by atoms with Gasteiger partial charge in [0.05, 0.1) is 23.9 Å². The van der Waals surface area contributed by atoms with Gasteiger partial charge < -0.3 is 20.6 Å². The third-order valence-corrected chi connectivity index (χ3v) is 9.04. The van der Waals surface area contributed by atoms with E-state index in [9.17, 15) is 19.1 Å². The van der Waals surface area contributed by atoms with Crippen LogP contribution >= 0.6 is 11.3 Å². The lowest BCUT2D eigenvalue weighted by atomic mass is 9.81. The lowest BCUT2D eigenvalue weighted by molar-refractivity contribution is -0.139. The van der Waals surface area contributed by atoms with Crippen molar-refractivity contribution in [2.75, 3.05) is 13.6 Å². The summed E-state index contributed by atoms with van der Waals surface area (Å²) in [5.74, 6) is -0.553. The molecule has 2 fully saturated rings. The second kappa shape index (κ2) is 11.5. The van der Waals surface area contributed by atoms with E-state index in [4.69, 9.17) is 4.98 Å². The number of likely N-dealkylation sites (tertiary alicyclic amines) is 1. The quantitative estimate of drug-likeness (QED) is 0.414. The van der Waals surface area contributed by atoms with Gasteiger partial charge in [0.2, 0.25) is 11.8 Å². The minimum absolute atomic E-state index is 0.0161. The number of hydrogen-bond acceptors (Lipinski definition) is 6. The summed E-state index contributed by atoms with van der Waals surface area (Å²) in [5, 5.41) is 20.2. The van der Waals surface area contributed by atoms with E-state index in [1.165, 1.54) is 17.4 Å². The number of benzene rings is 2. The normalized spacial score (nSPS) is 23.4. The number of carbonyl (C=O) groups excluding carboxylic acids is 2. The van der Waals surface area contributed by atoms with E-state index in [2.05, 4.69) is 10.6 Å². The highest BCUT2D eigenvalue weighted by Gasteiger charge is 2.40. The summed E-state index contributed by atoms with van der Waals surface area (Å²) < 4.78 is 14.4. The van der Waals surface area contributed by atoms with Crippen LogP contribution in [0.25, 0.3) is 22.0 Å². The van der Waals surface area contributed by atoms with Gasteiger partial charge in [-0.1, -0.05) is 24.3 Å². The van der Waals surface area contributed by atoms with Gasteiger partial charge in [0.1, 0.15) is 16.9 Å². The Labute approximate surface area is 226 Å². The van der Waals surface area contributed by atoms with E-state index in [0.717, 1.165) is 34.5 Å². The number of likely N-dealkylation sites (N-methyl/N-ethyl adjacent to an activating group) is 1. The summed E-state index contributed by atoms with van der Waals surface area (Å²) in [4.78, 5) is 33.6. The van der Waals surface area contributed by atoms with E-state index in [0.29, 0.717) is 37.6 Å². The zero-order valence-corrected chi connectivity index (χ0v) is 22.6. The van der Waals surface area contributed by atoms with Gasteiger partial charge in [-0.15, -0.1) is 11.3 Å². The number of aromatic nitrogens is 1.